The van der Waals surface area contributed by atoms with Gasteiger partial charge >= 0.3 is 32.2 Å². The quantitative estimate of drug-likeness (QED) is 0.196. The van der Waals surface area contributed by atoms with Gasteiger partial charge in [-0.05, 0) is 0 Å². The number of carboxylic acids is 1. The van der Waals surface area contributed by atoms with Crippen molar-refractivity contribution in [2.75, 3.05) is 5.75 Å². The summed E-state index contributed by atoms with van der Waals surface area (Å²) in [6.07, 6.45) is 0. The van der Waals surface area contributed by atoms with Crippen LogP contribution in [-0.2, 0) is 22.2 Å². The molecular formula is C5H8BiN3O9S. The number of carbonyl (C=O) groups is 2. The first kappa shape index (κ1) is 26.2. The second kappa shape index (κ2) is 16.6. The summed E-state index contributed by atoms with van der Waals surface area (Å²) < 4.78 is 0. The molecule has 0 aromatic heterocycles. The fraction of sp³-hybridized carbons (Fsp3) is 0.600. The number of aliphatic carboxylic acids is 1. The third-order valence-corrected chi connectivity index (χ3v) is 1.18. The van der Waals surface area contributed by atoms with Crippen LogP contribution in [0.15, 0.2) is 0 Å². The van der Waals surface area contributed by atoms with E-state index >= 15 is 0 Å². The van der Waals surface area contributed by atoms with E-state index in [1.54, 1.807) is 0 Å². The normalized spacial score (nSPS) is 8.95. The summed E-state index contributed by atoms with van der Waals surface area (Å²) in [5.74, 6) is -1.47. The first-order valence-corrected chi connectivity index (χ1v) is 4.33. The summed E-state index contributed by atoms with van der Waals surface area (Å²) in [5.41, 5.74) is 0. The first-order chi connectivity index (χ1) is 8.04. The molecule has 1 unspecified atom stereocenters. The first-order valence-electron chi connectivity index (χ1n) is 3.75. The monoisotopic (exact) mass is 495 g/mol. The Balaban J connectivity index is -0.000000105. The summed E-state index contributed by atoms with van der Waals surface area (Å²) in [4.78, 5) is 37.0. The van der Waals surface area contributed by atoms with Crippen LogP contribution < -0.4 is 5.32 Å². The number of carbonyl (C=O) groups excluding carboxylic acids is 1. The number of amides is 1. The van der Waals surface area contributed by atoms with E-state index < -0.39 is 22.2 Å². The fourth-order valence-electron chi connectivity index (χ4n) is 0.420. The minimum Gasteiger partial charge on any atom is -0.790 e. The number of hydrogen-bond donors (Lipinski definition) is 2. The van der Waals surface area contributed by atoms with Crippen molar-refractivity contribution in [3.05, 3.63) is 30.6 Å². The Hall–Kier alpha value is -1.43. The summed E-state index contributed by atoms with van der Waals surface area (Å²) in [6, 6.07) is -0.924. The zero-order valence-corrected chi connectivity index (χ0v) is 13.5. The molecule has 0 aliphatic rings. The Kier molecular flexibility index (Phi) is 22.9. The van der Waals surface area contributed by atoms with E-state index in [-0.39, 0.29) is 37.9 Å². The Morgan fingerprint density at radius 2 is 1.47 bits per heavy atom. The summed E-state index contributed by atoms with van der Waals surface area (Å²) in [7, 11) is 0. The third kappa shape index (κ3) is 47.9. The minimum absolute atomic E-state index is 0. The minimum atomic E-state index is -1.75. The molecule has 1 amide bonds. The van der Waals surface area contributed by atoms with Crippen LogP contribution in [0.25, 0.3) is 0 Å². The van der Waals surface area contributed by atoms with Gasteiger partial charge in [-0.3, -0.25) is 9.59 Å². The standard InChI is InChI=1S/C5H9NO3S.Bi.2NO3/c1-3(7)6-4(2-10)5(8)9;;2*2-1(3)4/h4,10H,2H2,1H3,(H,6,7)(H,8,9);;;/q;+3;2*-1/p-1. The van der Waals surface area contributed by atoms with Crippen molar-refractivity contribution in [3.8, 4) is 0 Å². The van der Waals surface area contributed by atoms with Crippen molar-refractivity contribution >= 4 is 50.7 Å². The molecule has 0 spiro atoms. The van der Waals surface area contributed by atoms with Crippen LogP contribution in [0.2, 0.25) is 0 Å². The van der Waals surface area contributed by atoms with Crippen molar-refractivity contribution in [3.63, 3.8) is 0 Å². The molecule has 0 aromatic rings. The van der Waals surface area contributed by atoms with E-state index in [0.717, 1.165) is 0 Å². The maximum atomic E-state index is 10.3. The van der Waals surface area contributed by atoms with Crippen LogP contribution in [0.3, 0.4) is 0 Å². The fourth-order valence-corrected chi connectivity index (χ4v) is 0.646. The zero-order chi connectivity index (χ0) is 15.3. The molecule has 14 heteroatoms. The molecule has 0 saturated carbocycles. The molecule has 0 bridgehead atoms. The number of nitrogens with zero attached hydrogens (tertiary/aromatic N) is 2. The molecule has 0 aromatic carbocycles. The van der Waals surface area contributed by atoms with Gasteiger partial charge in [-0.1, -0.05) is 0 Å². The Morgan fingerprint density at radius 1 is 1.21 bits per heavy atom. The third-order valence-electron chi connectivity index (χ3n) is 0.842. The van der Waals surface area contributed by atoms with Crippen molar-refractivity contribution < 1.29 is 24.9 Å². The van der Waals surface area contributed by atoms with Gasteiger partial charge in [0, 0.05) is 6.92 Å². The number of carboxylic acid groups (broad SMARTS) is 1. The van der Waals surface area contributed by atoms with Gasteiger partial charge in [0.05, 0.1) is 10.2 Å². The predicted octanol–water partition coefficient (Wildman–Crippen LogP) is -1.74. The molecule has 0 fully saturated rings. The molecule has 0 aliphatic carbocycles. The van der Waals surface area contributed by atoms with E-state index in [4.69, 9.17) is 35.7 Å². The average molecular weight is 495 g/mol. The average Bonchev–Trinajstić information content (AvgIpc) is 2.11. The van der Waals surface area contributed by atoms with Crippen molar-refractivity contribution in [1.82, 2.24) is 5.32 Å². The van der Waals surface area contributed by atoms with Crippen LogP contribution in [0, 0.1) is 30.6 Å². The number of hydrogen-bond acceptors (Lipinski definition) is 9. The molecule has 108 valence electrons. The van der Waals surface area contributed by atoms with E-state index in [9.17, 15) is 9.59 Å². The summed E-state index contributed by atoms with van der Waals surface area (Å²) in [6.45, 7) is 1.25. The number of nitrogens with one attached hydrogen (secondary N) is 1. The van der Waals surface area contributed by atoms with Crippen molar-refractivity contribution in [2.45, 2.75) is 13.0 Å². The van der Waals surface area contributed by atoms with Gasteiger partial charge in [0.25, 0.3) is 0 Å². The molecule has 2 radical (unpaired) electrons. The maximum absolute atomic E-state index is 10.3. The molecule has 0 saturated heterocycles. The molecular weight excluding hydrogens is 487 g/mol. The van der Waals surface area contributed by atoms with E-state index in [2.05, 4.69) is 17.9 Å². The van der Waals surface area contributed by atoms with Gasteiger partial charge in [0.2, 0.25) is 5.91 Å². The van der Waals surface area contributed by atoms with Gasteiger partial charge in [-0.15, -0.1) is 5.75 Å². The molecule has 0 aliphatic heterocycles. The SMILES string of the molecule is CC(=O)NC(C[S-])C(=O)O.O=[N+]([O-])[O-].O=[N+]([O-])[O-].[Bi+3]. The van der Waals surface area contributed by atoms with Crippen LogP contribution in [-0.4, -0.2) is 65.2 Å². The van der Waals surface area contributed by atoms with Gasteiger partial charge < -0.3 is 53.7 Å². The largest absolute Gasteiger partial charge is 3.00 e. The topological polar surface area (TPSA) is 199 Å². The smallest absolute Gasteiger partial charge is 0.790 e. The molecule has 12 nitrogen and oxygen atoms in total. The molecule has 1 atom stereocenters. The van der Waals surface area contributed by atoms with Crippen LogP contribution in [0.5, 0.6) is 0 Å². The van der Waals surface area contributed by atoms with Gasteiger partial charge in [0.1, 0.15) is 6.04 Å². The Labute approximate surface area is 130 Å². The molecule has 19 heavy (non-hydrogen) atoms. The summed E-state index contributed by atoms with van der Waals surface area (Å²) >= 11 is 4.47. The Morgan fingerprint density at radius 3 is 1.53 bits per heavy atom. The second-order valence-corrected chi connectivity index (χ2v) is 2.54. The van der Waals surface area contributed by atoms with Gasteiger partial charge in [-0.2, -0.15) is 0 Å². The van der Waals surface area contributed by atoms with Gasteiger partial charge in [0.15, 0.2) is 0 Å². The summed E-state index contributed by atoms with van der Waals surface area (Å²) in [5, 5.41) is 40.0. The van der Waals surface area contributed by atoms with Crippen molar-refractivity contribution in [2.24, 2.45) is 0 Å². The van der Waals surface area contributed by atoms with E-state index in [0.29, 0.717) is 0 Å². The molecule has 0 rings (SSSR count). The van der Waals surface area contributed by atoms with Gasteiger partial charge in [-0.25, -0.2) is 0 Å². The van der Waals surface area contributed by atoms with E-state index in [1.165, 1.54) is 6.92 Å². The Bertz CT molecular complexity index is 282. The van der Waals surface area contributed by atoms with Crippen molar-refractivity contribution in [1.29, 1.82) is 0 Å². The molecule has 0 heterocycles. The predicted molar refractivity (Wildman–Crippen MR) is 63.9 cm³/mol. The maximum Gasteiger partial charge on any atom is 3.00 e. The zero-order valence-electron chi connectivity index (χ0n) is 9.25. The van der Waals surface area contributed by atoms with Crippen LogP contribution in [0.1, 0.15) is 6.92 Å². The number of rotatable bonds is 3. The van der Waals surface area contributed by atoms with Crippen LogP contribution in [0.4, 0.5) is 0 Å². The second-order valence-electron chi connectivity index (χ2n) is 2.21. The molecule has 2 N–H and O–H groups in total. The van der Waals surface area contributed by atoms with E-state index in [1.807, 2.05) is 0 Å². The van der Waals surface area contributed by atoms with Crippen LogP contribution >= 0.6 is 0 Å².